The van der Waals surface area contributed by atoms with Gasteiger partial charge in [-0.3, -0.25) is 9.69 Å². The summed E-state index contributed by atoms with van der Waals surface area (Å²) >= 11 is 18.1. The Labute approximate surface area is 195 Å². The molecule has 0 unspecified atom stereocenters. The van der Waals surface area contributed by atoms with Gasteiger partial charge in [0.2, 0.25) is 17.6 Å². The van der Waals surface area contributed by atoms with Crippen LogP contribution in [0.25, 0.3) is 11.4 Å². The Morgan fingerprint density at radius 2 is 1.87 bits per heavy atom. The van der Waals surface area contributed by atoms with Gasteiger partial charge in [-0.25, -0.2) is 0 Å². The molecule has 31 heavy (non-hydrogen) atoms. The maximum Gasteiger partial charge on any atom is 0.241 e. The van der Waals surface area contributed by atoms with Crippen molar-refractivity contribution in [2.24, 2.45) is 5.92 Å². The molecule has 1 aliphatic heterocycles. The molecule has 1 saturated heterocycles. The molecule has 0 radical (unpaired) electrons. The molecule has 1 N–H and O–H groups in total. The van der Waals surface area contributed by atoms with E-state index in [1.807, 2.05) is 18.2 Å². The van der Waals surface area contributed by atoms with Crippen LogP contribution < -0.4 is 5.32 Å². The van der Waals surface area contributed by atoms with E-state index in [-0.39, 0.29) is 11.8 Å². The lowest BCUT2D eigenvalue weighted by molar-refractivity contribution is -0.126. The summed E-state index contributed by atoms with van der Waals surface area (Å²) in [4.78, 5) is 19.2. The third kappa shape index (κ3) is 5.77. The molecule has 1 fully saturated rings. The number of hydrogen-bond donors (Lipinski definition) is 1. The molecule has 0 bridgehead atoms. The van der Waals surface area contributed by atoms with Crippen LogP contribution in [0.4, 0.5) is 0 Å². The van der Waals surface area contributed by atoms with Crippen molar-refractivity contribution in [1.29, 1.82) is 0 Å². The number of hydrogen-bond acceptors (Lipinski definition) is 5. The largest absolute Gasteiger partial charge is 0.352 e. The highest BCUT2D eigenvalue weighted by Gasteiger charge is 2.26. The minimum absolute atomic E-state index is 0.0213. The fourth-order valence-electron chi connectivity index (χ4n) is 3.60. The number of carbonyl (C=O) groups excluding carboxylic acids is 1. The number of halogens is 3. The molecule has 162 valence electrons. The van der Waals surface area contributed by atoms with Crippen LogP contribution in [0.15, 0.2) is 47.0 Å². The summed E-state index contributed by atoms with van der Waals surface area (Å²) < 4.78 is 5.40. The standard InChI is InChI=1S/C22H21Cl3N4O2/c23-17-3-1-2-15(10-17)21-27-20(31-28-21)13-29-8-6-14(7-9-29)22(30)26-12-16-4-5-18(24)11-19(16)25/h1-5,10-11,14H,6-9,12-13H2,(H,26,30). The average Bonchev–Trinajstić information content (AvgIpc) is 3.22. The van der Waals surface area contributed by atoms with E-state index in [1.165, 1.54) is 0 Å². The number of amides is 1. The number of nitrogens with zero attached hydrogens (tertiary/aromatic N) is 3. The first-order valence-electron chi connectivity index (χ1n) is 10.0. The van der Waals surface area contributed by atoms with Gasteiger partial charge in [-0.05, 0) is 55.8 Å². The molecule has 6 nitrogen and oxygen atoms in total. The Hall–Kier alpha value is -2.12. The average molecular weight is 480 g/mol. The van der Waals surface area contributed by atoms with Crippen molar-refractivity contribution < 1.29 is 9.32 Å². The summed E-state index contributed by atoms with van der Waals surface area (Å²) in [5.41, 5.74) is 1.67. The number of nitrogens with one attached hydrogen (secondary N) is 1. The number of benzene rings is 2. The topological polar surface area (TPSA) is 71.3 Å². The second-order valence-electron chi connectivity index (χ2n) is 7.53. The van der Waals surface area contributed by atoms with E-state index >= 15 is 0 Å². The molecule has 0 atom stereocenters. The Bertz CT molecular complexity index is 1060. The van der Waals surface area contributed by atoms with Crippen LogP contribution in [0.3, 0.4) is 0 Å². The highest BCUT2D eigenvalue weighted by Crippen LogP contribution is 2.23. The van der Waals surface area contributed by atoms with Crippen molar-refractivity contribution in [2.75, 3.05) is 13.1 Å². The molecule has 2 heterocycles. The van der Waals surface area contributed by atoms with E-state index in [9.17, 15) is 4.79 Å². The highest BCUT2D eigenvalue weighted by molar-refractivity contribution is 6.35. The van der Waals surface area contributed by atoms with Crippen LogP contribution in [0.2, 0.25) is 15.1 Å². The second kappa shape index (κ2) is 10.0. The van der Waals surface area contributed by atoms with Crippen LogP contribution >= 0.6 is 34.8 Å². The first kappa shape index (κ1) is 22.1. The SMILES string of the molecule is O=C(NCc1ccc(Cl)cc1Cl)C1CCN(Cc2nc(-c3cccc(Cl)c3)no2)CC1. The third-order valence-corrected chi connectivity index (χ3v) is 6.16. The highest BCUT2D eigenvalue weighted by atomic mass is 35.5. The zero-order valence-electron chi connectivity index (χ0n) is 16.7. The summed E-state index contributed by atoms with van der Waals surface area (Å²) in [6, 6.07) is 12.6. The van der Waals surface area contributed by atoms with Crippen molar-refractivity contribution in [2.45, 2.75) is 25.9 Å². The van der Waals surface area contributed by atoms with Gasteiger partial charge in [0.1, 0.15) is 0 Å². The van der Waals surface area contributed by atoms with Crippen LogP contribution in [0.5, 0.6) is 0 Å². The maximum absolute atomic E-state index is 12.6. The molecule has 1 aromatic heterocycles. The van der Waals surface area contributed by atoms with Crippen molar-refractivity contribution in [3.8, 4) is 11.4 Å². The molecule has 1 amide bonds. The minimum atomic E-state index is -0.0213. The smallest absolute Gasteiger partial charge is 0.241 e. The zero-order chi connectivity index (χ0) is 21.8. The van der Waals surface area contributed by atoms with Gasteiger partial charge >= 0.3 is 0 Å². The molecule has 3 aromatic rings. The summed E-state index contributed by atoms with van der Waals surface area (Å²) in [6.45, 7) is 2.52. The number of likely N-dealkylation sites (tertiary alicyclic amines) is 1. The predicted molar refractivity (Wildman–Crippen MR) is 121 cm³/mol. The molecule has 2 aromatic carbocycles. The van der Waals surface area contributed by atoms with Gasteiger partial charge in [0, 0.05) is 33.1 Å². The van der Waals surface area contributed by atoms with Crippen molar-refractivity contribution in [3.63, 3.8) is 0 Å². The first-order chi connectivity index (χ1) is 15.0. The number of piperidine rings is 1. The first-order valence-corrected chi connectivity index (χ1v) is 11.1. The van der Waals surface area contributed by atoms with E-state index in [4.69, 9.17) is 39.3 Å². The summed E-state index contributed by atoms with van der Waals surface area (Å²) in [7, 11) is 0. The van der Waals surface area contributed by atoms with E-state index in [2.05, 4.69) is 20.4 Å². The summed E-state index contributed by atoms with van der Waals surface area (Å²) in [5, 5.41) is 8.79. The molecular weight excluding hydrogens is 459 g/mol. The van der Waals surface area contributed by atoms with E-state index in [0.29, 0.717) is 39.9 Å². The van der Waals surface area contributed by atoms with Gasteiger partial charge in [-0.2, -0.15) is 4.98 Å². The molecule has 4 rings (SSSR count). The van der Waals surface area contributed by atoms with Crippen molar-refractivity contribution >= 4 is 40.7 Å². The molecule has 9 heteroatoms. The summed E-state index contributed by atoms with van der Waals surface area (Å²) in [5.74, 6) is 1.10. The number of rotatable bonds is 6. The van der Waals surface area contributed by atoms with E-state index < -0.39 is 0 Å². The monoisotopic (exact) mass is 478 g/mol. The Kier molecular flexibility index (Phi) is 7.13. The van der Waals surface area contributed by atoms with Gasteiger partial charge in [0.05, 0.1) is 6.54 Å². The quantitative estimate of drug-likeness (QED) is 0.524. The molecule has 0 aliphatic carbocycles. The van der Waals surface area contributed by atoms with Gasteiger partial charge in [-0.15, -0.1) is 0 Å². The van der Waals surface area contributed by atoms with Crippen molar-refractivity contribution in [3.05, 3.63) is 69.0 Å². The Balaban J connectivity index is 1.25. The molecule has 0 saturated carbocycles. The third-order valence-electron chi connectivity index (χ3n) is 5.34. The zero-order valence-corrected chi connectivity index (χ0v) is 18.9. The van der Waals surface area contributed by atoms with Gasteiger partial charge in [0.15, 0.2) is 0 Å². The molecular formula is C22H21Cl3N4O2. The minimum Gasteiger partial charge on any atom is -0.352 e. The molecule has 1 aliphatic rings. The Morgan fingerprint density at radius 3 is 2.61 bits per heavy atom. The van der Waals surface area contributed by atoms with Crippen LogP contribution in [-0.2, 0) is 17.9 Å². The van der Waals surface area contributed by atoms with Crippen molar-refractivity contribution in [1.82, 2.24) is 20.4 Å². The van der Waals surface area contributed by atoms with Gasteiger partial charge in [-0.1, -0.05) is 58.2 Å². The lowest BCUT2D eigenvalue weighted by Gasteiger charge is -2.30. The van der Waals surface area contributed by atoms with Crippen LogP contribution in [-0.4, -0.2) is 34.0 Å². The number of carbonyl (C=O) groups is 1. The normalized spacial score (nSPS) is 15.2. The lowest BCUT2D eigenvalue weighted by Crippen LogP contribution is -2.40. The van der Waals surface area contributed by atoms with Crippen LogP contribution in [0.1, 0.15) is 24.3 Å². The summed E-state index contributed by atoms with van der Waals surface area (Å²) in [6.07, 6.45) is 1.55. The van der Waals surface area contributed by atoms with Gasteiger partial charge < -0.3 is 9.84 Å². The fraction of sp³-hybridized carbons (Fsp3) is 0.318. The number of aromatic nitrogens is 2. The molecule has 0 spiro atoms. The lowest BCUT2D eigenvalue weighted by atomic mass is 9.96. The predicted octanol–water partition coefficient (Wildman–Crippen LogP) is 5.23. The second-order valence-corrected chi connectivity index (χ2v) is 8.81. The van der Waals surface area contributed by atoms with Crippen LogP contribution in [0, 0.1) is 5.92 Å². The van der Waals surface area contributed by atoms with E-state index in [1.54, 1.807) is 24.3 Å². The maximum atomic E-state index is 12.6. The van der Waals surface area contributed by atoms with Gasteiger partial charge in [0.25, 0.3) is 0 Å². The fourth-order valence-corrected chi connectivity index (χ4v) is 4.27. The Morgan fingerprint density at radius 1 is 1.10 bits per heavy atom. The van der Waals surface area contributed by atoms with E-state index in [0.717, 1.165) is 37.1 Å².